The molecule has 0 fully saturated rings. The third kappa shape index (κ3) is 6.03. The van der Waals surface area contributed by atoms with Gasteiger partial charge in [-0.2, -0.15) is 0 Å². The van der Waals surface area contributed by atoms with Gasteiger partial charge in [-0.15, -0.1) is 0 Å². The molecule has 0 radical (unpaired) electrons. The molecule has 114 valence electrons. The second-order valence-corrected chi connectivity index (χ2v) is 7.59. The molecule has 0 aromatic heterocycles. The summed E-state index contributed by atoms with van der Waals surface area (Å²) < 4.78 is 26.5. The zero-order chi connectivity index (χ0) is 15.2. The Labute approximate surface area is 122 Å². The van der Waals surface area contributed by atoms with Gasteiger partial charge in [-0.05, 0) is 31.4 Å². The molecule has 0 saturated carbocycles. The molecule has 1 rings (SSSR count). The van der Waals surface area contributed by atoms with Gasteiger partial charge in [-0.25, -0.2) is 13.1 Å². The van der Waals surface area contributed by atoms with Crippen molar-refractivity contribution in [2.75, 3.05) is 6.54 Å². The van der Waals surface area contributed by atoms with Crippen molar-refractivity contribution in [3.8, 4) is 0 Å². The molecule has 0 saturated heterocycles. The van der Waals surface area contributed by atoms with Crippen LogP contribution in [0.2, 0.25) is 0 Å². The van der Waals surface area contributed by atoms with E-state index in [0.717, 1.165) is 30.4 Å². The molecule has 5 heteroatoms. The number of benzene rings is 1. The van der Waals surface area contributed by atoms with E-state index in [0.29, 0.717) is 6.54 Å². The highest BCUT2D eigenvalue weighted by atomic mass is 32.2. The summed E-state index contributed by atoms with van der Waals surface area (Å²) >= 11 is 0. The van der Waals surface area contributed by atoms with Crippen LogP contribution in [0.3, 0.4) is 0 Å². The van der Waals surface area contributed by atoms with Gasteiger partial charge in [0.05, 0.1) is 5.75 Å². The average Bonchev–Trinajstić information content (AvgIpc) is 2.34. The van der Waals surface area contributed by atoms with Gasteiger partial charge in [0.15, 0.2) is 0 Å². The molecular weight excluding hydrogens is 272 g/mol. The van der Waals surface area contributed by atoms with Gasteiger partial charge in [0.2, 0.25) is 10.0 Å². The van der Waals surface area contributed by atoms with Crippen molar-refractivity contribution in [3.63, 3.8) is 0 Å². The van der Waals surface area contributed by atoms with Crippen LogP contribution >= 0.6 is 0 Å². The van der Waals surface area contributed by atoms with Crippen molar-refractivity contribution >= 4 is 10.0 Å². The number of sulfonamides is 1. The van der Waals surface area contributed by atoms with Gasteiger partial charge in [0, 0.05) is 12.1 Å². The Hall–Kier alpha value is -0.910. The number of unbranched alkanes of at least 4 members (excludes halogenated alkanes) is 2. The van der Waals surface area contributed by atoms with Crippen LogP contribution in [0.1, 0.15) is 51.2 Å². The van der Waals surface area contributed by atoms with E-state index in [1.54, 1.807) is 0 Å². The Morgan fingerprint density at radius 1 is 1.15 bits per heavy atom. The summed E-state index contributed by atoms with van der Waals surface area (Å²) in [5.41, 5.74) is 7.36. The molecule has 0 unspecified atom stereocenters. The first-order valence-corrected chi connectivity index (χ1v) is 8.75. The molecule has 0 bridgehead atoms. The zero-order valence-corrected chi connectivity index (χ0v) is 13.5. The van der Waals surface area contributed by atoms with Gasteiger partial charge in [0.25, 0.3) is 0 Å². The number of hydrogen-bond donors (Lipinski definition) is 2. The molecule has 0 heterocycles. The zero-order valence-electron chi connectivity index (χ0n) is 12.6. The Bertz CT molecular complexity index is 502. The molecular formula is C15H26N2O2S. The predicted molar refractivity (Wildman–Crippen MR) is 83.8 cm³/mol. The van der Waals surface area contributed by atoms with Crippen LogP contribution in [-0.4, -0.2) is 15.0 Å². The van der Waals surface area contributed by atoms with Crippen molar-refractivity contribution in [2.45, 2.75) is 51.3 Å². The quantitative estimate of drug-likeness (QED) is 0.724. The van der Waals surface area contributed by atoms with E-state index in [-0.39, 0.29) is 5.75 Å². The lowest BCUT2D eigenvalue weighted by atomic mass is 9.95. The van der Waals surface area contributed by atoms with Crippen LogP contribution in [0.15, 0.2) is 24.3 Å². The van der Waals surface area contributed by atoms with Crippen LogP contribution in [0.25, 0.3) is 0 Å². The molecule has 0 aliphatic heterocycles. The molecule has 1 aromatic carbocycles. The molecule has 3 N–H and O–H groups in total. The number of rotatable bonds is 8. The lowest BCUT2D eigenvalue weighted by Gasteiger charge is -2.19. The molecule has 0 amide bonds. The van der Waals surface area contributed by atoms with E-state index in [1.807, 2.05) is 38.1 Å². The van der Waals surface area contributed by atoms with E-state index >= 15 is 0 Å². The fraction of sp³-hybridized carbons (Fsp3) is 0.600. The maximum absolute atomic E-state index is 11.9. The van der Waals surface area contributed by atoms with Crippen LogP contribution < -0.4 is 10.5 Å². The molecule has 1 aromatic rings. The Morgan fingerprint density at radius 2 is 1.75 bits per heavy atom. The van der Waals surface area contributed by atoms with Gasteiger partial charge in [0.1, 0.15) is 0 Å². The minimum absolute atomic E-state index is 0.0183. The number of hydrogen-bond acceptors (Lipinski definition) is 3. The van der Waals surface area contributed by atoms with Crippen LogP contribution in [0.4, 0.5) is 0 Å². The second kappa shape index (κ2) is 7.20. The summed E-state index contributed by atoms with van der Waals surface area (Å²) in [4.78, 5) is 0. The summed E-state index contributed by atoms with van der Waals surface area (Å²) in [6, 6.07) is 7.44. The first-order chi connectivity index (χ1) is 9.24. The standard InChI is InChI=1S/C15H26N2O2S/c1-4-5-6-11-17-20(18,19)12-13-7-9-14(10-8-13)15(2,3)16/h7-10,17H,4-6,11-12,16H2,1-3H3. The topological polar surface area (TPSA) is 72.2 Å². The number of nitrogens with one attached hydrogen (secondary N) is 1. The lowest BCUT2D eigenvalue weighted by Crippen LogP contribution is -2.28. The van der Waals surface area contributed by atoms with Crippen molar-refractivity contribution in [1.29, 1.82) is 0 Å². The third-order valence-electron chi connectivity index (χ3n) is 3.16. The molecule has 0 atom stereocenters. The summed E-state index contributed by atoms with van der Waals surface area (Å²) in [6.45, 7) is 6.46. The van der Waals surface area contributed by atoms with Crippen molar-refractivity contribution in [1.82, 2.24) is 4.72 Å². The fourth-order valence-corrected chi connectivity index (χ4v) is 3.09. The highest BCUT2D eigenvalue weighted by molar-refractivity contribution is 7.88. The van der Waals surface area contributed by atoms with Crippen molar-refractivity contribution in [2.24, 2.45) is 5.73 Å². The highest BCUT2D eigenvalue weighted by Gasteiger charge is 2.15. The Morgan fingerprint density at radius 3 is 2.25 bits per heavy atom. The normalized spacial score (nSPS) is 12.6. The van der Waals surface area contributed by atoms with Crippen molar-refractivity contribution in [3.05, 3.63) is 35.4 Å². The molecule has 0 aliphatic carbocycles. The molecule has 0 spiro atoms. The Kier molecular flexibility index (Phi) is 6.17. The van der Waals surface area contributed by atoms with Crippen LogP contribution in [-0.2, 0) is 21.3 Å². The molecule has 4 nitrogen and oxygen atoms in total. The highest BCUT2D eigenvalue weighted by Crippen LogP contribution is 2.17. The van der Waals surface area contributed by atoms with E-state index in [9.17, 15) is 8.42 Å². The van der Waals surface area contributed by atoms with Crippen molar-refractivity contribution < 1.29 is 8.42 Å². The fourth-order valence-electron chi connectivity index (χ4n) is 1.90. The summed E-state index contributed by atoms with van der Waals surface area (Å²) in [5, 5.41) is 0. The lowest BCUT2D eigenvalue weighted by molar-refractivity contribution is 0.554. The van der Waals surface area contributed by atoms with Gasteiger partial charge < -0.3 is 5.73 Å². The van der Waals surface area contributed by atoms with Crippen LogP contribution in [0, 0.1) is 0 Å². The second-order valence-electron chi connectivity index (χ2n) is 5.78. The molecule has 20 heavy (non-hydrogen) atoms. The minimum atomic E-state index is -3.24. The maximum atomic E-state index is 11.9. The third-order valence-corrected chi connectivity index (χ3v) is 4.51. The summed E-state index contributed by atoms with van der Waals surface area (Å²) in [7, 11) is -3.24. The smallest absolute Gasteiger partial charge is 0.215 e. The van der Waals surface area contributed by atoms with E-state index in [4.69, 9.17) is 5.73 Å². The van der Waals surface area contributed by atoms with E-state index in [1.165, 1.54) is 0 Å². The Balaban J connectivity index is 2.59. The minimum Gasteiger partial charge on any atom is -0.322 e. The molecule has 0 aliphatic rings. The SMILES string of the molecule is CCCCCNS(=O)(=O)Cc1ccc(C(C)(C)N)cc1. The summed E-state index contributed by atoms with van der Waals surface area (Å²) in [5.74, 6) is 0.0183. The van der Waals surface area contributed by atoms with Gasteiger partial charge in [-0.3, -0.25) is 0 Å². The maximum Gasteiger partial charge on any atom is 0.215 e. The average molecular weight is 298 g/mol. The monoisotopic (exact) mass is 298 g/mol. The first-order valence-electron chi connectivity index (χ1n) is 7.10. The summed E-state index contributed by atoms with van der Waals surface area (Å²) in [6.07, 6.45) is 3.01. The van der Waals surface area contributed by atoms with E-state index < -0.39 is 15.6 Å². The first kappa shape index (κ1) is 17.1. The van der Waals surface area contributed by atoms with E-state index in [2.05, 4.69) is 11.6 Å². The van der Waals surface area contributed by atoms with Gasteiger partial charge in [-0.1, -0.05) is 44.0 Å². The predicted octanol–water partition coefficient (Wildman–Crippen LogP) is 2.49. The van der Waals surface area contributed by atoms with Crippen LogP contribution in [0.5, 0.6) is 0 Å². The largest absolute Gasteiger partial charge is 0.322 e. The number of nitrogens with two attached hydrogens (primary N) is 1. The van der Waals surface area contributed by atoms with Gasteiger partial charge >= 0.3 is 0 Å².